The minimum Gasteiger partial charge on any atom is -0.303 e. The van der Waals surface area contributed by atoms with Crippen molar-refractivity contribution in [2.45, 2.75) is 112 Å². The van der Waals surface area contributed by atoms with E-state index in [9.17, 15) is 4.79 Å². The Morgan fingerprint density at radius 2 is 1.70 bits per heavy atom. The van der Waals surface area contributed by atoms with Crippen molar-refractivity contribution in [2.75, 3.05) is 0 Å². The predicted octanol–water partition coefficient (Wildman–Crippen LogP) is 7.68. The number of hydrogen-bond donors (Lipinski definition) is 0. The Labute approximate surface area is 169 Å². The van der Waals surface area contributed by atoms with E-state index in [0.717, 1.165) is 54.6 Å². The molecule has 0 aliphatic heterocycles. The van der Waals surface area contributed by atoms with Crippen LogP contribution in [0.15, 0.2) is 0 Å². The van der Waals surface area contributed by atoms with E-state index in [0.29, 0.717) is 10.8 Å². The zero-order valence-electron chi connectivity index (χ0n) is 17.6. The fraction of sp³-hybridized carbons (Fsp3) is 0.962. The van der Waals surface area contributed by atoms with Gasteiger partial charge in [0.1, 0.15) is 6.29 Å². The molecule has 4 aliphatic rings. The van der Waals surface area contributed by atoms with Crippen LogP contribution < -0.4 is 0 Å². The minimum atomic E-state index is 0. The second-order valence-corrected chi connectivity index (χ2v) is 11.1. The monoisotopic (exact) mass is 374 g/mol. The van der Waals surface area contributed by atoms with Crippen LogP contribution in [0.3, 0.4) is 0 Å². The lowest BCUT2D eigenvalue weighted by molar-refractivity contribution is -0.135. The van der Waals surface area contributed by atoms with Gasteiger partial charge in [-0.25, -0.2) is 0 Å². The third-order valence-corrected chi connectivity index (χ3v) is 10.4. The third kappa shape index (κ3) is 3.33. The fourth-order valence-corrected chi connectivity index (χ4v) is 9.05. The van der Waals surface area contributed by atoms with Crippen LogP contribution in [-0.4, -0.2) is 6.29 Å². The van der Waals surface area contributed by atoms with Gasteiger partial charge in [-0.1, -0.05) is 47.5 Å². The number of rotatable bonds is 5. The van der Waals surface area contributed by atoms with Gasteiger partial charge < -0.3 is 4.79 Å². The number of carbonyl (C=O) groups excluding carboxylic acids is 1. The maximum atomic E-state index is 10.8. The van der Waals surface area contributed by atoms with Crippen molar-refractivity contribution in [3.63, 3.8) is 0 Å². The van der Waals surface area contributed by atoms with Gasteiger partial charge in [0.15, 0.2) is 0 Å². The van der Waals surface area contributed by atoms with E-state index in [1.54, 1.807) is 6.42 Å². The molecule has 8 atom stereocenters. The lowest BCUT2D eigenvalue weighted by Crippen LogP contribution is -2.55. The molecule has 0 saturated heterocycles. The molecule has 1 heteroatoms. The van der Waals surface area contributed by atoms with E-state index in [1.807, 2.05) is 0 Å². The summed E-state index contributed by atoms with van der Waals surface area (Å²) in [7, 11) is 0. The van der Waals surface area contributed by atoms with E-state index in [-0.39, 0.29) is 7.43 Å². The van der Waals surface area contributed by atoms with Crippen LogP contribution in [0.1, 0.15) is 112 Å². The van der Waals surface area contributed by atoms with Gasteiger partial charge in [-0.15, -0.1) is 0 Å². The Morgan fingerprint density at radius 3 is 2.44 bits per heavy atom. The normalized spacial score (nSPS) is 48.7. The summed E-state index contributed by atoms with van der Waals surface area (Å²) < 4.78 is 0. The number of fused-ring (bicyclic) bond motifs is 5. The summed E-state index contributed by atoms with van der Waals surface area (Å²) in [5, 5.41) is 0. The molecular weight excluding hydrogens is 328 g/mol. The highest BCUT2D eigenvalue weighted by molar-refractivity contribution is 5.48. The highest BCUT2D eigenvalue weighted by Gasteiger charge is 2.60. The molecule has 4 aliphatic carbocycles. The Morgan fingerprint density at radius 1 is 0.926 bits per heavy atom. The van der Waals surface area contributed by atoms with Gasteiger partial charge in [0.05, 0.1) is 0 Å². The molecule has 4 fully saturated rings. The Bertz CT molecular complexity index is 512. The molecule has 4 rings (SSSR count). The smallest absolute Gasteiger partial charge is 0.119 e. The van der Waals surface area contributed by atoms with Crippen LogP contribution in [0.2, 0.25) is 0 Å². The topological polar surface area (TPSA) is 17.1 Å². The molecule has 0 aromatic rings. The fourth-order valence-electron chi connectivity index (χ4n) is 9.05. The number of hydrogen-bond acceptors (Lipinski definition) is 1. The molecule has 0 bridgehead atoms. The molecule has 1 nitrogen and oxygen atoms in total. The molecule has 27 heavy (non-hydrogen) atoms. The first-order valence-corrected chi connectivity index (χ1v) is 12.0. The van der Waals surface area contributed by atoms with Crippen molar-refractivity contribution < 1.29 is 4.79 Å². The first kappa shape index (κ1) is 21.4. The van der Waals surface area contributed by atoms with Crippen molar-refractivity contribution in [2.24, 2.45) is 46.3 Å². The molecular formula is C26H46O. The first-order valence-electron chi connectivity index (χ1n) is 12.0. The van der Waals surface area contributed by atoms with Gasteiger partial charge in [-0.05, 0) is 104 Å². The molecule has 156 valence electrons. The van der Waals surface area contributed by atoms with Crippen molar-refractivity contribution in [3.05, 3.63) is 0 Å². The van der Waals surface area contributed by atoms with Crippen molar-refractivity contribution in [3.8, 4) is 0 Å². The molecule has 0 radical (unpaired) electrons. The highest BCUT2D eigenvalue weighted by atomic mass is 16.1. The summed E-state index contributed by atoms with van der Waals surface area (Å²) in [6, 6.07) is 0. The van der Waals surface area contributed by atoms with Gasteiger partial charge in [0.2, 0.25) is 0 Å². The molecule has 0 heterocycles. The third-order valence-electron chi connectivity index (χ3n) is 10.4. The Kier molecular flexibility index (Phi) is 6.49. The van der Waals surface area contributed by atoms with Gasteiger partial charge >= 0.3 is 0 Å². The number of carbonyl (C=O) groups is 1. The van der Waals surface area contributed by atoms with E-state index < -0.39 is 0 Å². The van der Waals surface area contributed by atoms with Crippen molar-refractivity contribution in [1.82, 2.24) is 0 Å². The summed E-state index contributed by atoms with van der Waals surface area (Å²) in [6.45, 7) is 7.84. The largest absolute Gasteiger partial charge is 0.303 e. The summed E-state index contributed by atoms with van der Waals surface area (Å²) in [5.41, 5.74) is 1.24. The molecule has 0 aromatic carbocycles. The first-order chi connectivity index (χ1) is 12.5. The van der Waals surface area contributed by atoms with Gasteiger partial charge in [-0.3, -0.25) is 0 Å². The van der Waals surface area contributed by atoms with Crippen molar-refractivity contribution in [1.29, 1.82) is 0 Å². The number of aldehydes is 1. The maximum absolute atomic E-state index is 10.8. The molecule has 0 aromatic heterocycles. The lowest BCUT2D eigenvalue weighted by atomic mass is 9.42. The van der Waals surface area contributed by atoms with Crippen LogP contribution in [-0.2, 0) is 4.79 Å². The van der Waals surface area contributed by atoms with E-state index >= 15 is 0 Å². The molecule has 4 saturated carbocycles. The quantitative estimate of drug-likeness (QED) is 0.356. The average molecular weight is 375 g/mol. The average Bonchev–Trinajstić information content (AvgIpc) is 2.97. The predicted molar refractivity (Wildman–Crippen MR) is 116 cm³/mol. The summed E-state index contributed by atoms with van der Waals surface area (Å²) >= 11 is 0. The zero-order chi connectivity index (χ0) is 18.4. The zero-order valence-corrected chi connectivity index (χ0v) is 17.6. The van der Waals surface area contributed by atoms with Crippen LogP contribution in [0.5, 0.6) is 0 Å². The van der Waals surface area contributed by atoms with Crippen LogP contribution in [0.25, 0.3) is 0 Å². The Balaban J connectivity index is 0.00000210. The second kappa shape index (κ2) is 8.19. The van der Waals surface area contributed by atoms with E-state index in [4.69, 9.17) is 0 Å². The highest BCUT2D eigenvalue weighted by Crippen LogP contribution is 2.69. The van der Waals surface area contributed by atoms with Gasteiger partial charge in [0, 0.05) is 6.42 Å². The number of unbranched alkanes of at least 4 members (excludes halogenated alkanes) is 1. The Hall–Kier alpha value is -0.330. The minimum absolute atomic E-state index is 0. The SMILES string of the molecule is C.CC[C@H]1CC2C3CCC(CCCC=O)C3(C)CC[C@@H]2C2(C)CCCCC12. The van der Waals surface area contributed by atoms with Crippen LogP contribution in [0.4, 0.5) is 0 Å². The van der Waals surface area contributed by atoms with E-state index in [1.165, 1.54) is 64.2 Å². The summed E-state index contributed by atoms with van der Waals surface area (Å²) in [6.07, 6.45) is 19.2. The molecule has 0 spiro atoms. The lowest BCUT2D eigenvalue weighted by Gasteiger charge is -2.62. The van der Waals surface area contributed by atoms with E-state index in [2.05, 4.69) is 20.8 Å². The van der Waals surface area contributed by atoms with Crippen molar-refractivity contribution >= 4 is 6.29 Å². The van der Waals surface area contributed by atoms with Gasteiger partial charge in [-0.2, -0.15) is 0 Å². The van der Waals surface area contributed by atoms with Gasteiger partial charge in [0.25, 0.3) is 0 Å². The summed E-state index contributed by atoms with van der Waals surface area (Å²) in [4.78, 5) is 10.8. The van der Waals surface area contributed by atoms with Crippen LogP contribution in [0, 0.1) is 46.3 Å². The maximum Gasteiger partial charge on any atom is 0.119 e. The second-order valence-electron chi connectivity index (χ2n) is 11.1. The van der Waals surface area contributed by atoms with Crippen LogP contribution >= 0.6 is 0 Å². The molecule has 0 amide bonds. The molecule has 0 N–H and O–H groups in total. The standard InChI is InChI=1S/C25H42O.CH4/c1-4-18-17-20-22-12-11-19(9-6-8-16-26)24(22,2)15-13-23(20)25(3)14-7-5-10-21(18)25;/h16,18-23H,4-15,17H2,1-3H3;1H4/t18-,19?,20?,21?,22?,23-,24?,25?;/m0./s1. The molecule has 6 unspecified atom stereocenters. The summed E-state index contributed by atoms with van der Waals surface area (Å²) in [5.74, 6) is 5.92.